The smallest absolute Gasteiger partial charge is 0.123 e. The molecular formula is C85H69FN2S2. The normalized spacial score (nSPS) is 13.1. The molecule has 0 saturated heterocycles. The first-order chi connectivity index (χ1) is 43.4. The van der Waals surface area contributed by atoms with Crippen molar-refractivity contribution in [3.8, 4) is 44.5 Å². The molecule has 0 fully saturated rings. The van der Waals surface area contributed by atoms with E-state index in [9.17, 15) is 0 Å². The van der Waals surface area contributed by atoms with Crippen molar-refractivity contribution in [2.45, 2.75) is 85.5 Å². The van der Waals surface area contributed by atoms with Crippen LogP contribution in [-0.2, 0) is 16.2 Å². The summed E-state index contributed by atoms with van der Waals surface area (Å²) in [6, 6.07) is 88.3. The molecule has 5 heteroatoms. The molecule has 2 heterocycles. The number of hydrogen-bond donors (Lipinski definition) is 0. The Bertz CT molecular complexity index is 4920. The zero-order valence-corrected chi connectivity index (χ0v) is 54.2. The second kappa shape index (κ2) is 20.6. The maximum absolute atomic E-state index is 16.4. The van der Waals surface area contributed by atoms with Crippen LogP contribution in [-0.4, -0.2) is 0 Å². The van der Waals surface area contributed by atoms with Crippen LogP contribution in [0, 0.1) is 33.5 Å². The van der Waals surface area contributed by atoms with E-state index in [-0.39, 0.29) is 16.6 Å². The maximum atomic E-state index is 16.4. The zero-order valence-electron chi connectivity index (χ0n) is 52.6. The van der Waals surface area contributed by atoms with Crippen molar-refractivity contribution in [2.24, 2.45) is 0 Å². The predicted molar refractivity (Wildman–Crippen MR) is 385 cm³/mol. The number of benzene rings is 12. The summed E-state index contributed by atoms with van der Waals surface area (Å²) in [6.45, 7) is 22.5. The second-order valence-corrected chi connectivity index (χ2v) is 29.4. The number of halogens is 1. The van der Waals surface area contributed by atoms with Crippen molar-refractivity contribution in [3.63, 3.8) is 0 Å². The molecule has 0 aliphatic heterocycles. The van der Waals surface area contributed by atoms with Crippen LogP contribution in [0.15, 0.2) is 237 Å². The van der Waals surface area contributed by atoms with E-state index in [2.05, 4.69) is 303 Å². The number of nitrogens with zero attached hydrogens (tertiary/aromatic N) is 2. The van der Waals surface area contributed by atoms with Crippen molar-refractivity contribution in [1.29, 1.82) is 0 Å². The van der Waals surface area contributed by atoms with Gasteiger partial charge in [-0.3, -0.25) is 0 Å². The Kier molecular flexibility index (Phi) is 12.8. The minimum atomic E-state index is -0.897. The summed E-state index contributed by atoms with van der Waals surface area (Å²) in [5.41, 5.74) is 26.9. The zero-order chi connectivity index (χ0) is 61.7. The Hall–Kier alpha value is -9.39. The van der Waals surface area contributed by atoms with E-state index in [0.717, 1.165) is 56.4 Å². The van der Waals surface area contributed by atoms with Gasteiger partial charge in [0.1, 0.15) is 5.82 Å². The van der Waals surface area contributed by atoms with E-state index in [1.807, 2.05) is 22.7 Å². The second-order valence-electron chi connectivity index (χ2n) is 27.3. The molecule has 0 unspecified atom stereocenters. The van der Waals surface area contributed by atoms with Gasteiger partial charge in [0.25, 0.3) is 0 Å². The van der Waals surface area contributed by atoms with Crippen LogP contribution in [0.5, 0.6) is 0 Å². The molecule has 16 rings (SSSR count). The Morgan fingerprint density at radius 3 is 1.14 bits per heavy atom. The summed E-state index contributed by atoms with van der Waals surface area (Å²) >= 11 is 3.80. The third-order valence-electron chi connectivity index (χ3n) is 19.1. The Balaban J connectivity index is 1.04. The van der Waals surface area contributed by atoms with Gasteiger partial charge in [0.05, 0.1) is 16.8 Å². The molecule has 0 saturated carbocycles. The first kappa shape index (κ1) is 55.9. The average Bonchev–Trinajstić information content (AvgIpc) is 1.49. The van der Waals surface area contributed by atoms with Gasteiger partial charge in [-0.2, -0.15) is 0 Å². The van der Waals surface area contributed by atoms with Crippen LogP contribution in [0.2, 0.25) is 0 Å². The van der Waals surface area contributed by atoms with Crippen LogP contribution in [0.25, 0.3) is 84.9 Å². The van der Waals surface area contributed by atoms with Crippen LogP contribution in [0.3, 0.4) is 0 Å². The lowest BCUT2D eigenvalue weighted by Gasteiger charge is -2.34. The van der Waals surface area contributed by atoms with Gasteiger partial charge in [-0.15, -0.1) is 22.7 Å². The highest BCUT2D eigenvalue weighted by Gasteiger charge is 2.54. The van der Waals surface area contributed by atoms with E-state index >= 15 is 4.39 Å². The van der Waals surface area contributed by atoms with Crippen LogP contribution < -0.4 is 9.80 Å². The Morgan fingerprint density at radius 2 is 0.722 bits per heavy atom. The summed E-state index contributed by atoms with van der Waals surface area (Å²) in [5.74, 6) is -0.247. The molecule has 14 aromatic rings. The quantitative estimate of drug-likeness (QED) is 0.150. The third kappa shape index (κ3) is 8.75. The minimum absolute atomic E-state index is 0.0471. The number of rotatable bonds is 8. The standard InChI is InChI=1S/C85H69FN2S2/c1-50-41-51(2)44-56(43-50)54-23-32-61(33-24-54)87(63-36-27-58(28-37-63)83(5,6)7)73-48-71-79(81-77(73)66-18-12-15-21-75(66)89-81)80-72(85(71)69-20-14-11-17-65(69)68-47-60(86)31-40-70(68)85)49-74(78-67-19-13-16-22-76(67)90-82(78)80)88(64-38-29-59(30-39-64)84(8,9)10)62-34-25-55(26-35-62)57-45-52(3)42-53(4)46-57/h11-49H,1-10H3. The summed E-state index contributed by atoms with van der Waals surface area (Å²) in [7, 11) is 0. The molecule has 0 radical (unpaired) electrons. The first-order valence-corrected chi connectivity index (χ1v) is 33.1. The highest BCUT2D eigenvalue weighted by atomic mass is 32.1. The van der Waals surface area contributed by atoms with Crippen molar-refractivity contribution in [3.05, 3.63) is 298 Å². The molecule has 2 nitrogen and oxygen atoms in total. The molecule has 1 spiro atoms. The highest BCUT2D eigenvalue weighted by Crippen LogP contribution is 2.69. The fraction of sp³-hybridized carbons (Fsp3) is 0.153. The van der Waals surface area contributed by atoms with E-state index in [4.69, 9.17) is 0 Å². The summed E-state index contributed by atoms with van der Waals surface area (Å²) in [4.78, 5) is 5.04. The molecule has 0 atom stereocenters. The molecule has 12 aromatic carbocycles. The van der Waals surface area contributed by atoms with Gasteiger partial charge in [0.2, 0.25) is 0 Å². The predicted octanol–water partition coefficient (Wildman–Crippen LogP) is 25.0. The van der Waals surface area contributed by atoms with Crippen LogP contribution >= 0.6 is 22.7 Å². The van der Waals surface area contributed by atoms with Crippen molar-refractivity contribution < 1.29 is 4.39 Å². The van der Waals surface area contributed by atoms with Crippen LogP contribution in [0.1, 0.15) is 97.2 Å². The first-order valence-electron chi connectivity index (χ1n) is 31.5. The molecule has 90 heavy (non-hydrogen) atoms. The molecule has 2 aliphatic carbocycles. The number of aryl methyl sites for hydroxylation is 4. The Morgan fingerprint density at radius 1 is 0.344 bits per heavy atom. The van der Waals surface area contributed by atoms with Crippen LogP contribution in [0.4, 0.5) is 38.5 Å². The minimum Gasteiger partial charge on any atom is -0.310 e. The van der Waals surface area contributed by atoms with Gasteiger partial charge in [-0.1, -0.05) is 215 Å². The summed E-state index contributed by atoms with van der Waals surface area (Å²) in [6.07, 6.45) is 0. The average molecular weight is 1200 g/mol. The van der Waals surface area contributed by atoms with Gasteiger partial charge >= 0.3 is 0 Å². The largest absolute Gasteiger partial charge is 0.310 e. The fourth-order valence-electron chi connectivity index (χ4n) is 15.1. The van der Waals surface area contributed by atoms with Crippen molar-refractivity contribution in [2.75, 3.05) is 9.80 Å². The monoisotopic (exact) mass is 1200 g/mol. The van der Waals surface area contributed by atoms with Gasteiger partial charge in [0, 0.05) is 74.2 Å². The molecule has 0 N–H and O–H groups in total. The number of anilines is 6. The van der Waals surface area contributed by atoms with E-state index < -0.39 is 5.41 Å². The molecule has 2 aromatic heterocycles. The van der Waals surface area contributed by atoms with Crippen molar-refractivity contribution >= 4 is 97.1 Å². The van der Waals surface area contributed by atoms with Gasteiger partial charge < -0.3 is 9.80 Å². The fourth-order valence-corrected chi connectivity index (χ4v) is 17.7. The molecule has 0 bridgehead atoms. The lowest BCUT2D eigenvalue weighted by Crippen LogP contribution is -2.26. The summed E-state index contributed by atoms with van der Waals surface area (Å²) in [5, 5.41) is 4.86. The number of hydrogen-bond acceptors (Lipinski definition) is 4. The van der Waals surface area contributed by atoms with E-state index in [0.29, 0.717) is 0 Å². The third-order valence-corrected chi connectivity index (χ3v) is 21.5. The van der Waals surface area contributed by atoms with E-state index in [1.54, 1.807) is 12.1 Å². The maximum Gasteiger partial charge on any atom is 0.123 e. The molecule has 438 valence electrons. The lowest BCUT2D eigenvalue weighted by molar-refractivity contribution is 0.590. The number of fused-ring (bicyclic) bond motifs is 18. The molecular weight excluding hydrogens is 1130 g/mol. The Labute approximate surface area is 535 Å². The summed E-state index contributed by atoms with van der Waals surface area (Å²) < 4.78 is 21.3. The number of thiophene rings is 2. The van der Waals surface area contributed by atoms with E-state index in [1.165, 1.54) is 118 Å². The molecule has 2 aliphatic rings. The SMILES string of the molecule is Cc1cc(C)cc(-c2ccc(N(c3ccc(C(C)(C)C)cc3)c3cc4c(c5sc6ccccc6c35)-c3c(cc(N(c5ccc(-c6cc(C)cc(C)c6)cc5)c5ccc(C(C)(C)C)cc5)c5c3sc3ccccc35)C43c4ccccc4-c4cc(F)ccc43)cc2)c1. The topological polar surface area (TPSA) is 6.48 Å². The van der Waals surface area contributed by atoms with Gasteiger partial charge in [-0.05, 0) is 190 Å². The van der Waals surface area contributed by atoms with Gasteiger partial charge in [0.15, 0.2) is 0 Å². The lowest BCUT2D eigenvalue weighted by atomic mass is 9.70. The molecule has 0 amide bonds. The highest BCUT2D eigenvalue weighted by molar-refractivity contribution is 7.27. The van der Waals surface area contributed by atoms with Crippen molar-refractivity contribution in [1.82, 2.24) is 0 Å². The van der Waals surface area contributed by atoms with Gasteiger partial charge in [-0.25, -0.2) is 4.39 Å².